The normalized spacial score (nSPS) is 58.8. The van der Waals surface area contributed by atoms with Crippen LogP contribution in [0.3, 0.4) is 0 Å². The van der Waals surface area contributed by atoms with E-state index >= 15 is 0 Å². The zero-order valence-corrected chi connectivity index (χ0v) is 42.4. The van der Waals surface area contributed by atoms with E-state index in [1.165, 1.54) is 26.3 Å². The molecule has 6 heterocycles. The van der Waals surface area contributed by atoms with Gasteiger partial charge < -0.3 is 104 Å². The second-order valence-electron chi connectivity index (χ2n) is 23.9. The molecule has 9 fully saturated rings. The van der Waals surface area contributed by atoms with Gasteiger partial charge in [-0.2, -0.15) is 0 Å². The third-order valence-electron chi connectivity index (χ3n) is 20.0. The van der Waals surface area contributed by atoms with E-state index in [0.717, 1.165) is 44.9 Å². The highest BCUT2D eigenvalue weighted by molar-refractivity contribution is 5.29. The molecular weight excluding hydrogens is 949 g/mol. The maximum absolute atomic E-state index is 12.9. The van der Waals surface area contributed by atoms with E-state index in [0.29, 0.717) is 37.2 Å². The summed E-state index contributed by atoms with van der Waals surface area (Å²) in [5, 5.41) is 122. The summed E-state index contributed by atoms with van der Waals surface area (Å²) in [5.41, 5.74) is -0.242. The number of allylic oxidation sites excluding steroid dienone is 1. The topological polar surface area (TPSA) is 315 Å². The van der Waals surface area contributed by atoms with Gasteiger partial charge in [-0.1, -0.05) is 39.3 Å². The van der Waals surface area contributed by atoms with Crippen molar-refractivity contribution in [2.45, 2.75) is 253 Å². The van der Waals surface area contributed by atoms with Crippen LogP contribution in [0.1, 0.15) is 106 Å². The number of aliphatic hydroxyl groups is 11. The number of rotatable bonds is 9. The van der Waals surface area contributed by atoms with Crippen molar-refractivity contribution in [3.63, 3.8) is 0 Å². The SMILES string of the molecule is CC1CCC2(OC1)OC1CC3C4CC=C5CC(OC6OC(CO)C(OC7OC(C)C(O)C(OC8OC(C)C(O)C(O)C8O)C7O)C(O)C6OC6OC(C)C(O)C(O)C6O)CCC5(C)C4CCC3(C)C1(O)C2C. The van der Waals surface area contributed by atoms with Crippen LogP contribution >= 0.6 is 0 Å². The summed E-state index contributed by atoms with van der Waals surface area (Å²) in [7, 11) is 0. The largest absolute Gasteiger partial charge is 0.394 e. The molecule has 3 saturated carbocycles. The minimum atomic E-state index is -1.84. The van der Waals surface area contributed by atoms with Crippen molar-refractivity contribution < 1.29 is 104 Å². The molecule has 412 valence electrons. The Labute approximate surface area is 420 Å². The van der Waals surface area contributed by atoms with Crippen molar-refractivity contribution in [2.24, 2.45) is 40.4 Å². The fourth-order valence-electron chi connectivity index (χ4n) is 15.3. The zero-order chi connectivity index (χ0) is 51.7. The summed E-state index contributed by atoms with van der Waals surface area (Å²) in [6, 6.07) is 0. The van der Waals surface area contributed by atoms with Crippen LogP contribution in [-0.4, -0.2) is 216 Å². The van der Waals surface area contributed by atoms with E-state index in [-0.39, 0.29) is 28.8 Å². The molecule has 0 aromatic heterocycles. The summed E-state index contributed by atoms with van der Waals surface area (Å²) in [6.45, 7) is 13.2. The van der Waals surface area contributed by atoms with Crippen LogP contribution < -0.4 is 0 Å². The van der Waals surface area contributed by atoms with Crippen LogP contribution in [0.2, 0.25) is 0 Å². The second-order valence-corrected chi connectivity index (χ2v) is 23.9. The highest BCUT2D eigenvalue weighted by atomic mass is 16.8. The molecule has 21 nitrogen and oxygen atoms in total. The van der Waals surface area contributed by atoms with Crippen LogP contribution in [0.4, 0.5) is 0 Å². The van der Waals surface area contributed by atoms with Crippen LogP contribution in [-0.2, 0) is 47.4 Å². The van der Waals surface area contributed by atoms with Gasteiger partial charge in [0.15, 0.2) is 30.9 Å². The Morgan fingerprint density at radius 2 is 1.19 bits per heavy atom. The molecule has 10 aliphatic rings. The third-order valence-corrected chi connectivity index (χ3v) is 20.0. The lowest BCUT2D eigenvalue weighted by Gasteiger charge is -2.60. The van der Waals surface area contributed by atoms with Crippen molar-refractivity contribution >= 4 is 0 Å². The monoisotopic (exact) mass is 1030 g/mol. The fourth-order valence-corrected chi connectivity index (χ4v) is 15.3. The van der Waals surface area contributed by atoms with Gasteiger partial charge in [-0.25, -0.2) is 0 Å². The maximum atomic E-state index is 12.9. The van der Waals surface area contributed by atoms with Gasteiger partial charge in [0, 0.05) is 17.8 Å². The first-order valence-corrected chi connectivity index (χ1v) is 26.7. The molecule has 0 aromatic rings. The number of aliphatic hydroxyl groups excluding tert-OH is 10. The Morgan fingerprint density at radius 3 is 1.81 bits per heavy atom. The summed E-state index contributed by atoms with van der Waals surface area (Å²) < 4.78 is 62.0. The Hall–Kier alpha value is -1.10. The summed E-state index contributed by atoms with van der Waals surface area (Å²) >= 11 is 0. The smallest absolute Gasteiger partial charge is 0.187 e. The molecule has 4 aliphatic carbocycles. The quantitative estimate of drug-likeness (QED) is 0.126. The molecule has 0 aromatic carbocycles. The molecule has 31 unspecified atom stereocenters. The van der Waals surface area contributed by atoms with Gasteiger partial charge in [0.1, 0.15) is 85.0 Å². The van der Waals surface area contributed by atoms with Crippen molar-refractivity contribution in [1.29, 1.82) is 0 Å². The average molecular weight is 1030 g/mol. The molecule has 10 rings (SSSR count). The number of hydrogen-bond donors (Lipinski definition) is 11. The van der Waals surface area contributed by atoms with Crippen LogP contribution in [0.5, 0.6) is 0 Å². The third kappa shape index (κ3) is 8.63. The van der Waals surface area contributed by atoms with Gasteiger partial charge in [0.2, 0.25) is 0 Å². The van der Waals surface area contributed by atoms with Gasteiger partial charge in [-0.3, -0.25) is 0 Å². The Bertz CT molecular complexity index is 1940. The predicted octanol–water partition coefficient (Wildman–Crippen LogP) is -0.792. The lowest BCUT2D eigenvalue weighted by atomic mass is 9.46. The van der Waals surface area contributed by atoms with E-state index in [9.17, 15) is 56.2 Å². The molecular formula is C51H82O21. The first-order chi connectivity index (χ1) is 34.0. The first kappa shape index (κ1) is 54.3. The zero-order valence-electron chi connectivity index (χ0n) is 42.4. The van der Waals surface area contributed by atoms with E-state index in [1.807, 2.05) is 0 Å². The molecule has 6 saturated heterocycles. The van der Waals surface area contributed by atoms with Crippen molar-refractivity contribution in [2.75, 3.05) is 13.2 Å². The second kappa shape index (κ2) is 20.0. The molecule has 0 bridgehead atoms. The summed E-state index contributed by atoms with van der Waals surface area (Å²) in [5.74, 6) is 0.517. The van der Waals surface area contributed by atoms with Crippen molar-refractivity contribution in [1.82, 2.24) is 0 Å². The van der Waals surface area contributed by atoms with Crippen LogP contribution in [0.25, 0.3) is 0 Å². The van der Waals surface area contributed by atoms with Gasteiger partial charge in [0.05, 0.1) is 43.7 Å². The predicted molar refractivity (Wildman–Crippen MR) is 245 cm³/mol. The number of ether oxygens (including phenoxy) is 10. The Morgan fingerprint density at radius 1 is 0.597 bits per heavy atom. The number of fused-ring (bicyclic) bond motifs is 7. The summed E-state index contributed by atoms with van der Waals surface area (Å²) in [4.78, 5) is 0. The molecule has 1 spiro atoms. The maximum Gasteiger partial charge on any atom is 0.187 e. The standard InChI is InChI=1S/C51H82O21/c1-20-10-15-50(63-19-20)24(5)51(62)31(72-50)17-29-27-9-8-25-16-26(11-13-48(25,6)28(27)12-14-49(29,51)7)67-47-43(71-45-38(59)36(57)33(54)22(3)65-45)39(60)41(30(18-52)68-47)69-46-40(61)42(34(55)23(4)66-46)70-44-37(58)35(56)32(53)21(2)64-44/h8,20-24,26-47,52-62H,9-19H2,1-7H3. The van der Waals surface area contributed by atoms with E-state index in [4.69, 9.17) is 47.4 Å². The molecule has 72 heavy (non-hydrogen) atoms. The van der Waals surface area contributed by atoms with Gasteiger partial charge in [0.25, 0.3) is 0 Å². The lowest BCUT2D eigenvalue weighted by Crippen LogP contribution is -2.67. The molecule has 0 radical (unpaired) electrons. The fraction of sp³-hybridized carbons (Fsp3) is 0.961. The van der Waals surface area contributed by atoms with Gasteiger partial charge >= 0.3 is 0 Å². The van der Waals surface area contributed by atoms with E-state index < -0.39 is 147 Å². The highest BCUT2D eigenvalue weighted by Gasteiger charge is 2.76. The molecule has 6 aliphatic heterocycles. The molecule has 31 atom stereocenters. The van der Waals surface area contributed by atoms with Crippen LogP contribution in [0.15, 0.2) is 11.6 Å². The van der Waals surface area contributed by atoms with Crippen molar-refractivity contribution in [3.05, 3.63) is 11.6 Å². The molecule has 21 heteroatoms. The average Bonchev–Trinajstić information content (AvgIpc) is 3.71. The van der Waals surface area contributed by atoms with E-state index in [2.05, 4.69) is 33.8 Å². The highest BCUT2D eigenvalue weighted by Crippen LogP contribution is 2.72. The van der Waals surface area contributed by atoms with E-state index in [1.54, 1.807) is 0 Å². The first-order valence-electron chi connectivity index (χ1n) is 26.7. The van der Waals surface area contributed by atoms with Crippen LogP contribution in [0, 0.1) is 40.4 Å². The number of hydrogen-bond acceptors (Lipinski definition) is 21. The lowest BCUT2D eigenvalue weighted by molar-refractivity contribution is -0.394. The molecule has 11 N–H and O–H groups in total. The minimum Gasteiger partial charge on any atom is -0.394 e. The summed E-state index contributed by atoms with van der Waals surface area (Å²) in [6.07, 6.45) is -21.6. The van der Waals surface area contributed by atoms with Gasteiger partial charge in [-0.05, 0) is 101 Å². The minimum absolute atomic E-state index is 0.156. The van der Waals surface area contributed by atoms with Crippen molar-refractivity contribution in [3.8, 4) is 0 Å². The Kier molecular flexibility index (Phi) is 15.1. The van der Waals surface area contributed by atoms with Gasteiger partial charge in [-0.15, -0.1) is 0 Å². The Balaban J connectivity index is 0.857. The molecule has 0 amide bonds.